The molecule has 0 amide bonds. The van der Waals surface area contributed by atoms with Gasteiger partial charge in [-0.3, -0.25) is 0 Å². The molecule has 0 nitrogen and oxygen atoms in total. The lowest BCUT2D eigenvalue weighted by Gasteiger charge is -2.44. The van der Waals surface area contributed by atoms with Gasteiger partial charge in [-0.05, 0) is 24.7 Å². The first kappa shape index (κ1) is 35.1. The first-order chi connectivity index (χ1) is 16.9. The van der Waals surface area contributed by atoms with E-state index < -0.39 is 90.3 Å². The maximum Gasteiger partial charge on any atom is 0.460 e. The summed E-state index contributed by atoms with van der Waals surface area (Å²) in [5.74, 6) is -71.8. The van der Waals surface area contributed by atoms with Gasteiger partial charge < -0.3 is 0 Å². The number of alkyl halides is 20. The Balaban J connectivity index is 3.67. The zero-order chi connectivity index (χ0) is 31.6. The molecule has 4 unspecified atom stereocenters. The van der Waals surface area contributed by atoms with Crippen molar-refractivity contribution < 1.29 is 87.8 Å². The summed E-state index contributed by atoms with van der Waals surface area (Å²) >= 11 is 0. The van der Waals surface area contributed by atoms with Crippen molar-refractivity contribution >= 4 is 0 Å². The average molecular weight is 622 g/mol. The van der Waals surface area contributed by atoms with Crippen molar-refractivity contribution in [2.45, 2.75) is 72.6 Å². The maximum absolute atomic E-state index is 14.5. The van der Waals surface area contributed by atoms with Crippen molar-refractivity contribution in [2.75, 3.05) is 0 Å². The molecular weight excluding hydrogens is 608 g/mol. The van der Waals surface area contributed by atoms with Crippen molar-refractivity contribution in [3.8, 4) is 0 Å². The van der Waals surface area contributed by atoms with Gasteiger partial charge in [-0.15, -0.1) is 13.2 Å². The molecular formula is C19H14F20. The minimum atomic E-state index is -8.98. The van der Waals surface area contributed by atoms with Gasteiger partial charge in [0.05, 0.1) is 0 Å². The van der Waals surface area contributed by atoms with Crippen LogP contribution >= 0.6 is 0 Å². The first-order valence-corrected chi connectivity index (χ1v) is 9.87. The topological polar surface area (TPSA) is 0 Å². The number of rotatable bonds is 11. The van der Waals surface area contributed by atoms with Crippen LogP contribution in [0.15, 0.2) is 25.3 Å². The zero-order valence-electron chi connectivity index (χ0n) is 18.4. The Morgan fingerprint density at radius 2 is 0.872 bits per heavy atom. The van der Waals surface area contributed by atoms with Crippen LogP contribution in [0.1, 0.15) is 12.8 Å². The first-order valence-electron chi connectivity index (χ1n) is 9.87. The summed E-state index contributed by atoms with van der Waals surface area (Å²) in [6.45, 7) is 6.08. The van der Waals surface area contributed by atoms with Gasteiger partial charge in [0.2, 0.25) is 6.17 Å². The van der Waals surface area contributed by atoms with E-state index in [-0.39, 0.29) is 0 Å². The fourth-order valence-electron chi connectivity index (χ4n) is 3.77. The number of hydrogen-bond acceptors (Lipinski definition) is 0. The minimum Gasteiger partial charge on any atom is -0.234 e. The lowest BCUT2D eigenvalue weighted by atomic mass is 9.82. The highest BCUT2D eigenvalue weighted by Crippen LogP contribution is 2.65. The Morgan fingerprint density at radius 1 is 0.513 bits per heavy atom. The van der Waals surface area contributed by atoms with E-state index in [4.69, 9.17) is 0 Å². The molecule has 0 N–H and O–H groups in total. The van der Waals surface area contributed by atoms with Gasteiger partial charge in [-0.25, -0.2) is 13.2 Å². The molecule has 0 aliphatic heterocycles. The second-order valence-corrected chi connectivity index (χ2v) is 8.58. The van der Waals surface area contributed by atoms with Gasteiger partial charge >= 0.3 is 47.6 Å². The third-order valence-corrected chi connectivity index (χ3v) is 6.18. The summed E-state index contributed by atoms with van der Waals surface area (Å²) in [7, 11) is 0. The molecule has 0 aromatic heterocycles. The quantitative estimate of drug-likeness (QED) is 0.160. The molecule has 0 radical (unpaired) electrons. The monoisotopic (exact) mass is 622 g/mol. The molecule has 0 spiro atoms. The maximum atomic E-state index is 14.5. The van der Waals surface area contributed by atoms with Crippen molar-refractivity contribution in [1.82, 2.24) is 0 Å². The van der Waals surface area contributed by atoms with Gasteiger partial charge in [0.1, 0.15) is 0 Å². The van der Waals surface area contributed by atoms with E-state index in [9.17, 15) is 87.8 Å². The van der Waals surface area contributed by atoms with E-state index in [2.05, 4.69) is 13.2 Å². The van der Waals surface area contributed by atoms with Gasteiger partial charge in [0.25, 0.3) is 5.92 Å². The molecule has 1 aliphatic rings. The lowest BCUT2D eigenvalue weighted by Crippen LogP contribution is -2.75. The lowest BCUT2D eigenvalue weighted by molar-refractivity contribution is -0.465. The van der Waals surface area contributed by atoms with Gasteiger partial charge in [-0.1, -0.05) is 12.2 Å². The summed E-state index contributed by atoms with van der Waals surface area (Å²) in [4.78, 5) is 0. The third kappa shape index (κ3) is 4.64. The minimum absolute atomic E-state index is 0.481. The van der Waals surface area contributed by atoms with Crippen molar-refractivity contribution in [3.05, 3.63) is 25.3 Å². The summed E-state index contributed by atoms with van der Waals surface area (Å²) in [5, 5.41) is 0. The van der Waals surface area contributed by atoms with E-state index in [0.29, 0.717) is 6.08 Å². The molecule has 4 atom stereocenters. The number of allylic oxidation sites excluding steroid dienone is 2. The molecule has 1 rings (SSSR count). The summed E-state index contributed by atoms with van der Waals surface area (Å²) in [6.07, 6.45) is -14.0. The SMILES string of the molecule is C=CC1CC(C=C)C(C(F)(F)C(F)C(F)(F)C(F)(F)C(F)(F)C(F)(F)C(F)(F)C(F)(F)C(F)(F)C(F)(F)F)C1. The zero-order valence-corrected chi connectivity index (χ0v) is 18.4. The number of hydrogen-bond donors (Lipinski definition) is 0. The smallest absolute Gasteiger partial charge is 0.234 e. The molecule has 0 saturated heterocycles. The molecule has 20 heteroatoms. The van der Waals surface area contributed by atoms with E-state index in [0.717, 1.165) is 6.08 Å². The second-order valence-electron chi connectivity index (χ2n) is 8.58. The molecule has 0 aromatic carbocycles. The molecule has 1 fully saturated rings. The molecule has 1 aliphatic carbocycles. The van der Waals surface area contributed by atoms with E-state index in [1.165, 1.54) is 0 Å². The van der Waals surface area contributed by atoms with Crippen LogP contribution < -0.4 is 0 Å². The average Bonchev–Trinajstić information content (AvgIpc) is 3.21. The largest absolute Gasteiger partial charge is 0.460 e. The van der Waals surface area contributed by atoms with E-state index in [1.54, 1.807) is 0 Å². The normalized spacial score (nSPS) is 24.1. The Morgan fingerprint density at radius 3 is 1.21 bits per heavy atom. The van der Waals surface area contributed by atoms with Crippen LogP contribution in [0.2, 0.25) is 0 Å². The van der Waals surface area contributed by atoms with Gasteiger partial charge in [0, 0.05) is 5.92 Å². The van der Waals surface area contributed by atoms with Crippen LogP contribution in [0.25, 0.3) is 0 Å². The Kier molecular flexibility index (Phi) is 8.62. The van der Waals surface area contributed by atoms with Crippen molar-refractivity contribution in [1.29, 1.82) is 0 Å². The number of halogens is 20. The highest BCUT2D eigenvalue weighted by Gasteiger charge is 2.96. The summed E-state index contributed by atoms with van der Waals surface area (Å²) in [5.41, 5.74) is 0. The fraction of sp³-hybridized carbons (Fsp3) is 0.789. The van der Waals surface area contributed by atoms with Crippen LogP contribution in [0.3, 0.4) is 0 Å². The Bertz CT molecular complexity index is 912. The van der Waals surface area contributed by atoms with Crippen molar-refractivity contribution in [3.63, 3.8) is 0 Å². The molecule has 1 saturated carbocycles. The standard InChI is InChI=1S/C19H14F20/c1-3-7-5-8(4-2)9(6-7)11(21,22)10(20)12(23,24)13(25,26)14(27,28)15(29,30)16(31,32)17(33,34)18(35,36)19(37,38)39/h3-4,7-10H,1-2,5-6H2. The molecule has 0 aromatic rings. The fourth-order valence-corrected chi connectivity index (χ4v) is 3.77. The predicted octanol–water partition coefficient (Wildman–Crippen LogP) is 8.98. The molecule has 230 valence electrons. The summed E-state index contributed by atoms with van der Waals surface area (Å²) < 4.78 is 269. The van der Waals surface area contributed by atoms with Crippen LogP contribution in [0, 0.1) is 17.8 Å². The highest BCUT2D eigenvalue weighted by atomic mass is 19.4. The Labute approximate surface area is 204 Å². The van der Waals surface area contributed by atoms with Crippen LogP contribution in [-0.4, -0.2) is 59.7 Å². The van der Waals surface area contributed by atoms with Gasteiger partial charge in [0.15, 0.2) is 0 Å². The van der Waals surface area contributed by atoms with Crippen molar-refractivity contribution in [2.24, 2.45) is 17.8 Å². The highest BCUT2D eigenvalue weighted by molar-refractivity contribution is 5.17. The van der Waals surface area contributed by atoms with Crippen LogP contribution in [0.4, 0.5) is 87.8 Å². The van der Waals surface area contributed by atoms with Crippen LogP contribution in [0.5, 0.6) is 0 Å². The molecule has 0 bridgehead atoms. The Hall–Kier alpha value is -1.92. The molecule has 39 heavy (non-hydrogen) atoms. The second kappa shape index (κ2) is 9.58. The van der Waals surface area contributed by atoms with Gasteiger partial charge in [-0.2, -0.15) is 74.6 Å². The van der Waals surface area contributed by atoms with E-state index in [1.807, 2.05) is 0 Å². The molecule has 0 heterocycles. The van der Waals surface area contributed by atoms with E-state index >= 15 is 0 Å². The third-order valence-electron chi connectivity index (χ3n) is 6.18. The van der Waals surface area contributed by atoms with Crippen LogP contribution in [-0.2, 0) is 0 Å². The predicted molar refractivity (Wildman–Crippen MR) is 90.6 cm³/mol. The summed E-state index contributed by atoms with van der Waals surface area (Å²) in [6, 6.07) is 0.